The first-order valence-corrected chi connectivity index (χ1v) is 12.2. The monoisotopic (exact) mass is 416 g/mol. The highest BCUT2D eigenvalue weighted by Gasteiger charge is 2.37. The summed E-state index contributed by atoms with van der Waals surface area (Å²) in [5.41, 5.74) is 2.32. The van der Waals surface area contributed by atoms with Crippen molar-refractivity contribution < 1.29 is 13.2 Å². The fourth-order valence-electron chi connectivity index (χ4n) is 3.86. The van der Waals surface area contributed by atoms with Crippen LogP contribution < -0.4 is 9.62 Å². The maximum atomic E-state index is 12.9. The number of hydrogen-bond acceptors (Lipinski definition) is 4. The highest BCUT2D eigenvalue weighted by Crippen LogP contribution is 2.38. The van der Waals surface area contributed by atoms with Crippen LogP contribution in [0.3, 0.4) is 0 Å². The molecule has 0 spiro atoms. The molecule has 1 heterocycles. The normalized spacial score (nSPS) is 19.2. The molecule has 2 aromatic carbocycles. The van der Waals surface area contributed by atoms with Gasteiger partial charge >= 0.3 is 0 Å². The molecular weight excluding hydrogens is 392 g/mol. The van der Waals surface area contributed by atoms with Gasteiger partial charge in [0.25, 0.3) is 10.0 Å². The quantitative estimate of drug-likeness (QED) is 0.739. The minimum atomic E-state index is -3.69. The molecule has 1 amide bonds. The van der Waals surface area contributed by atoms with Gasteiger partial charge in [0.05, 0.1) is 4.90 Å². The average molecular weight is 417 g/mol. The van der Waals surface area contributed by atoms with E-state index in [1.165, 1.54) is 0 Å². The molecule has 1 N–H and O–H groups in total. The zero-order chi connectivity index (χ0) is 19.9. The van der Waals surface area contributed by atoms with Crippen molar-refractivity contribution in [1.29, 1.82) is 0 Å². The summed E-state index contributed by atoms with van der Waals surface area (Å²) in [5, 5.41) is 0. The molecule has 1 aliphatic carbocycles. The Bertz CT molecular complexity index is 1020. The number of fused-ring (bicyclic) bond motifs is 1. The third-order valence-corrected chi connectivity index (χ3v) is 7.70. The van der Waals surface area contributed by atoms with Crippen molar-refractivity contribution in [3.05, 3.63) is 48.0 Å². The number of rotatable bonds is 5. The first kappa shape index (κ1) is 19.3. The predicted octanol–water partition coefficient (Wildman–Crippen LogP) is 4.29. The molecule has 0 saturated heterocycles. The van der Waals surface area contributed by atoms with Gasteiger partial charge in [-0.15, -0.1) is 11.8 Å². The number of carbonyl (C=O) groups excluding carboxylic acids is 1. The molecule has 1 saturated carbocycles. The van der Waals surface area contributed by atoms with Gasteiger partial charge in [-0.25, -0.2) is 8.42 Å². The lowest BCUT2D eigenvalue weighted by Gasteiger charge is -2.32. The molecule has 7 heteroatoms. The van der Waals surface area contributed by atoms with Gasteiger partial charge in [0.15, 0.2) is 0 Å². The summed E-state index contributed by atoms with van der Waals surface area (Å²) in [7, 11) is -3.69. The van der Waals surface area contributed by atoms with Crippen LogP contribution in [0.2, 0.25) is 0 Å². The number of anilines is 2. The third kappa shape index (κ3) is 3.53. The van der Waals surface area contributed by atoms with E-state index in [1.807, 2.05) is 36.3 Å². The number of carbonyl (C=O) groups is 1. The molecular formula is C21H24N2O3S2. The Kier molecular flexibility index (Phi) is 5.14. The lowest BCUT2D eigenvalue weighted by Crippen LogP contribution is -2.42. The lowest BCUT2D eigenvalue weighted by atomic mass is 9.84. The van der Waals surface area contributed by atoms with Crippen LogP contribution in [0.5, 0.6) is 0 Å². The number of amides is 1. The Balaban J connectivity index is 1.60. The number of thioether (sulfide) groups is 1. The van der Waals surface area contributed by atoms with Crippen LogP contribution in [0.1, 0.15) is 31.7 Å². The molecule has 2 aliphatic rings. The molecule has 28 heavy (non-hydrogen) atoms. The van der Waals surface area contributed by atoms with Gasteiger partial charge in [-0.05, 0) is 74.4 Å². The zero-order valence-electron chi connectivity index (χ0n) is 16.0. The Labute approximate surface area is 170 Å². The molecule has 1 fully saturated rings. The molecule has 1 atom stereocenters. The van der Waals surface area contributed by atoms with E-state index >= 15 is 0 Å². The van der Waals surface area contributed by atoms with Crippen LogP contribution in [-0.4, -0.2) is 26.6 Å². The maximum Gasteiger partial charge on any atom is 0.261 e. The van der Waals surface area contributed by atoms with E-state index in [4.69, 9.17) is 0 Å². The second-order valence-electron chi connectivity index (χ2n) is 7.52. The minimum absolute atomic E-state index is 0.0623. The number of benzene rings is 2. The summed E-state index contributed by atoms with van der Waals surface area (Å²) in [6, 6.07) is 12.5. The molecule has 1 aliphatic heterocycles. The predicted molar refractivity (Wildman–Crippen MR) is 113 cm³/mol. The molecule has 2 aromatic rings. The number of hydrogen-bond donors (Lipinski definition) is 1. The SMILES string of the molecule is CSc1cccc(NS(=O)(=O)c2ccc3c(c2)CC(C)N3C(=O)C2CCC2)c1. The van der Waals surface area contributed by atoms with Crippen molar-refractivity contribution in [2.45, 2.75) is 48.4 Å². The van der Waals surface area contributed by atoms with Gasteiger partial charge in [0, 0.05) is 28.2 Å². The average Bonchev–Trinajstić information content (AvgIpc) is 2.94. The van der Waals surface area contributed by atoms with E-state index in [0.717, 1.165) is 35.4 Å². The van der Waals surface area contributed by atoms with Gasteiger partial charge in [0.1, 0.15) is 0 Å². The zero-order valence-corrected chi connectivity index (χ0v) is 17.6. The highest BCUT2D eigenvalue weighted by atomic mass is 32.2. The van der Waals surface area contributed by atoms with Crippen molar-refractivity contribution in [2.24, 2.45) is 5.92 Å². The van der Waals surface area contributed by atoms with Crippen molar-refractivity contribution in [2.75, 3.05) is 15.9 Å². The molecule has 0 aromatic heterocycles. The Hall–Kier alpha value is -1.99. The molecule has 5 nitrogen and oxygen atoms in total. The molecule has 148 valence electrons. The molecule has 0 bridgehead atoms. The number of nitrogens with zero attached hydrogens (tertiary/aromatic N) is 1. The molecule has 1 unspecified atom stereocenters. The van der Waals surface area contributed by atoms with Crippen LogP contribution in [0.4, 0.5) is 11.4 Å². The first-order chi connectivity index (χ1) is 13.4. The van der Waals surface area contributed by atoms with E-state index in [1.54, 1.807) is 36.0 Å². The lowest BCUT2D eigenvalue weighted by molar-refractivity contribution is -0.125. The first-order valence-electron chi connectivity index (χ1n) is 9.52. The van der Waals surface area contributed by atoms with Crippen LogP contribution >= 0.6 is 11.8 Å². The summed E-state index contributed by atoms with van der Waals surface area (Å²) in [6.07, 6.45) is 5.67. The standard InChI is InChI=1S/C21H24N2O3S2/c1-14-11-16-12-19(9-10-20(16)23(14)21(24)15-5-3-6-15)28(25,26)22-17-7-4-8-18(13-17)27-2/h4,7-10,12-15,22H,3,5-6,11H2,1-2H3. The maximum absolute atomic E-state index is 12.9. The third-order valence-electron chi connectivity index (χ3n) is 5.59. The van der Waals surface area contributed by atoms with Crippen molar-refractivity contribution in [3.63, 3.8) is 0 Å². The Morgan fingerprint density at radius 3 is 2.64 bits per heavy atom. The topological polar surface area (TPSA) is 66.5 Å². The van der Waals surface area contributed by atoms with Gasteiger partial charge < -0.3 is 4.90 Å². The molecule has 0 radical (unpaired) electrons. The molecule has 4 rings (SSSR count). The van der Waals surface area contributed by atoms with E-state index in [9.17, 15) is 13.2 Å². The van der Waals surface area contributed by atoms with Gasteiger partial charge in [-0.1, -0.05) is 12.5 Å². The van der Waals surface area contributed by atoms with Crippen molar-refractivity contribution in [1.82, 2.24) is 0 Å². The van der Waals surface area contributed by atoms with Crippen LogP contribution in [0, 0.1) is 5.92 Å². The van der Waals surface area contributed by atoms with E-state index < -0.39 is 10.0 Å². The Morgan fingerprint density at radius 2 is 1.96 bits per heavy atom. The van der Waals surface area contributed by atoms with Crippen molar-refractivity contribution >= 4 is 39.1 Å². The van der Waals surface area contributed by atoms with Gasteiger partial charge in [0.2, 0.25) is 5.91 Å². The fourth-order valence-corrected chi connectivity index (χ4v) is 5.42. The fraction of sp³-hybridized carbons (Fsp3) is 0.381. The summed E-state index contributed by atoms with van der Waals surface area (Å²) < 4.78 is 28.4. The second kappa shape index (κ2) is 7.44. The highest BCUT2D eigenvalue weighted by molar-refractivity contribution is 7.98. The smallest absolute Gasteiger partial charge is 0.261 e. The Morgan fingerprint density at radius 1 is 1.18 bits per heavy atom. The van der Waals surface area contributed by atoms with E-state index in [-0.39, 0.29) is 22.8 Å². The van der Waals surface area contributed by atoms with Gasteiger partial charge in [-0.3, -0.25) is 9.52 Å². The minimum Gasteiger partial charge on any atom is -0.309 e. The summed E-state index contributed by atoms with van der Waals surface area (Å²) >= 11 is 1.56. The van der Waals surface area contributed by atoms with Crippen LogP contribution in [-0.2, 0) is 21.2 Å². The number of sulfonamides is 1. The van der Waals surface area contributed by atoms with Gasteiger partial charge in [-0.2, -0.15) is 0 Å². The van der Waals surface area contributed by atoms with Crippen molar-refractivity contribution in [3.8, 4) is 0 Å². The number of nitrogens with one attached hydrogen (secondary N) is 1. The summed E-state index contributed by atoms with van der Waals surface area (Å²) in [6.45, 7) is 2.02. The van der Waals surface area contributed by atoms with E-state index in [2.05, 4.69) is 4.72 Å². The summed E-state index contributed by atoms with van der Waals surface area (Å²) in [5.74, 6) is 0.308. The van der Waals surface area contributed by atoms with Crippen LogP contribution in [0.25, 0.3) is 0 Å². The second-order valence-corrected chi connectivity index (χ2v) is 10.1. The van der Waals surface area contributed by atoms with E-state index in [0.29, 0.717) is 12.1 Å². The van der Waals surface area contributed by atoms with Crippen LogP contribution in [0.15, 0.2) is 52.3 Å². The summed E-state index contributed by atoms with van der Waals surface area (Å²) in [4.78, 5) is 15.9. The largest absolute Gasteiger partial charge is 0.309 e.